The third-order valence-electron chi connectivity index (χ3n) is 2.25. The maximum Gasteiger partial charge on any atom is 0.314 e. The minimum absolute atomic E-state index is 0.346. The smallest absolute Gasteiger partial charge is 0.314 e. The lowest BCUT2D eigenvalue weighted by molar-refractivity contribution is 0.0590. The molecule has 1 heterocycles. The van der Waals surface area contributed by atoms with Crippen LogP contribution in [-0.4, -0.2) is 37.7 Å². The van der Waals surface area contributed by atoms with Gasteiger partial charge in [-0.05, 0) is 18.8 Å². The van der Waals surface area contributed by atoms with Crippen molar-refractivity contribution >= 4 is 6.03 Å². The Morgan fingerprint density at radius 1 is 1.58 bits per heavy atom. The molecule has 4 nitrogen and oxygen atoms in total. The molecule has 0 spiro atoms. The van der Waals surface area contributed by atoms with Gasteiger partial charge in [0.05, 0.1) is 0 Å². The number of nitrogens with two attached hydrogens (primary N) is 1. The summed E-state index contributed by atoms with van der Waals surface area (Å²) in [7, 11) is 1.73. The van der Waals surface area contributed by atoms with Crippen LogP contribution in [0.5, 0.6) is 0 Å². The molecule has 1 aliphatic rings. The van der Waals surface area contributed by atoms with Crippen molar-refractivity contribution in [1.29, 1.82) is 0 Å². The van der Waals surface area contributed by atoms with E-state index in [4.69, 9.17) is 10.5 Å². The van der Waals surface area contributed by atoms with Crippen LogP contribution in [0, 0.1) is 5.92 Å². The van der Waals surface area contributed by atoms with E-state index in [1.807, 2.05) is 0 Å². The molecule has 0 radical (unpaired) electrons. The fourth-order valence-corrected chi connectivity index (χ4v) is 1.41. The molecule has 0 aromatic rings. The summed E-state index contributed by atoms with van der Waals surface area (Å²) in [5.41, 5.74) is 5.11. The molecule has 2 amide bonds. The van der Waals surface area contributed by atoms with Crippen LogP contribution in [0.1, 0.15) is 12.8 Å². The Kier molecular flexibility index (Phi) is 3.34. The normalized spacial score (nSPS) is 19.1. The third kappa shape index (κ3) is 2.70. The van der Waals surface area contributed by atoms with Crippen LogP contribution in [-0.2, 0) is 4.74 Å². The minimum Gasteiger partial charge on any atom is -0.381 e. The Hall–Kier alpha value is -0.770. The molecule has 0 saturated carbocycles. The number of nitrogens with zero attached hydrogens (tertiary/aromatic N) is 1. The van der Waals surface area contributed by atoms with Crippen molar-refractivity contribution in [3.05, 3.63) is 0 Å². The number of rotatable bonds is 2. The van der Waals surface area contributed by atoms with Crippen LogP contribution in [0.15, 0.2) is 0 Å². The Morgan fingerprint density at radius 2 is 2.17 bits per heavy atom. The summed E-state index contributed by atoms with van der Waals surface area (Å²) in [4.78, 5) is 12.3. The van der Waals surface area contributed by atoms with E-state index in [1.54, 1.807) is 11.9 Å². The number of hydrogen-bond donors (Lipinski definition) is 1. The molecule has 0 aromatic carbocycles. The second-order valence-electron chi connectivity index (χ2n) is 3.27. The van der Waals surface area contributed by atoms with Gasteiger partial charge in [0, 0.05) is 26.8 Å². The van der Waals surface area contributed by atoms with Crippen molar-refractivity contribution in [2.75, 3.05) is 26.8 Å². The third-order valence-corrected chi connectivity index (χ3v) is 2.25. The lowest BCUT2D eigenvalue weighted by Crippen LogP contribution is -2.37. The van der Waals surface area contributed by atoms with Crippen LogP contribution in [0.3, 0.4) is 0 Å². The molecule has 70 valence electrons. The molecule has 2 N–H and O–H groups in total. The summed E-state index contributed by atoms with van der Waals surface area (Å²) in [6, 6.07) is -0.346. The zero-order valence-corrected chi connectivity index (χ0v) is 7.45. The zero-order chi connectivity index (χ0) is 8.97. The quantitative estimate of drug-likeness (QED) is 0.656. The summed E-state index contributed by atoms with van der Waals surface area (Å²) in [6.07, 6.45) is 2.08. The van der Waals surface area contributed by atoms with Crippen LogP contribution in [0.2, 0.25) is 0 Å². The molecule has 0 bridgehead atoms. The van der Waals surface area contributed by atoms with Gasteiger partial charge in [-0.1, -0.05) is 0 Å². The number of carbonyl (C=O) groups excluding carboxylic acids is 1. The first-order valence-corrected chi connectivity index (χ1v) is 4.28. The molecule has 12 heavy (non-hydrogen) atoms. The largest absolute Gasteiger partial charge is 0.381 e. The molecule has 1 rings (SSSR count). The molecule has 0 aliphatic carbocycles. The molecular formula is C8H16N2O2. The monoisotopic (exact) mass is 172 g/mol. The second kappa shape index (κ2) is 4.30. The minimum atomic E-state index is -0.346. The maximum atomic E-state index is 10.7. The van der Waals surface area contributed by atoms with E-state index in [2.05, 4.69) is 0 Å². The average molecular weight is 172 g/mol. The summed E-state index contributed by atoms with van der Waals surface area (Å²) in [6.45, 7) is 2.40. The topological polar surface area (TPSA) is 55.6 Å². The van der Waals surface area contributed by atoms with Gasteiger partial charge in [0.15, 0.2) is 0 Å². The molecule has 0 unspecified atom stereocenters. The standard InChI is InChI=1S/C8H16N2O2/c1-10(8(9)11)6-7-2-4-12-5-3-7/h7H,2-6H2,1H3,(H2,9,11). The number of carbonyl (C=O) groups is 1. The molecule has 1 fully saturated rings. The van der Waals surface area contributed by atoms with Crippen molar-refractivity contribution in [3.8, 4) is 0 Å². The van der Waals surface area contributed by atoms with Gasteiger partial charge in [-0.2, -0.15) is 0 Å². The van der Waals surface area contributed by atoms with Crippen molar-refractivity contribution in [1.82, 2.24) is 4.90 Å². The highest BCUT2D eigenvalue weighted by Crippen LogP contribution is 2.15. The predicted molar refractivity (Wildman–Crippen MR) is 45.8 cm³/mol. The first-order valence-electron chi connectivity index (χ1n) is 4.28. The van der Waals surface area contributed by atoms with E-state index < -0.39 is 0 Å². The fourth-order valence-electron chi connectivity index (χ4n) is 1.41. The van der Waals surface area contributed by atoms with Crippen LogP contribution >= 0.6 is 0 Å². The van der Waals surface area contributed by atoms with Crippen molar-refractivity contribution in [2.45, 2.75) is 12.8 Å². The first kappa shape index (κ1) is 9.32. The van der Waals surface area contributed by atoms with Gasteiger partial charge in [-0.15, -0.1) is 0 Å². The number of urea groups is 1. The summed E-state index contributed by atoms with van der Waals surface area (Å²) < 4.78 is 5.21. The Balaban J connectivity index is 2.24. The van der Waals surface area contributed by atoms with Gasteiger partial charge in [0.25, 0.3) is 0 Å². The van der Waals surface area contributed by atoms with Crippen molar-refractivity contribution in [3.63, 3.8) is 0 Å². The van der Waals surface area contributed by atoms with Gasteiger partial charge in [0.2, 0.25) is 0 Å². The average Bonchev–Trinajstić information content (AvgIpc) is 2.06. The van der Waals surface area contributed by atoms with Gasteiger partial charge in [-0.25, -0.2) is 4.79 Å². The number of primary amides is 1. The molecular weight excluding hydrogens is 156 g/mol. The summed E-state index contributed by atoms with van der Waals surface area (Å²) >= 11 is 0. The maximum absolute atomic E-state index is 10.7. The number of hydrogen-bond acceptors (Lipinski definition) is 2. The Labute approximate surface area is 72.7 Å². The van der Waals surface area contributed by atoms with Gasteiger partial charge >= 0.3 is 6.03 Å². The van der Waals surface area contributed by atoms with E-state index >= 15 is 0 Å². The highest BCUT2D eigenvalue weighted by atomic mass is 16.5. The zero-order valence-electron chi connectivity index (χ0n) is 7.45. The van der Waals surface area contributed by atoms with Crippen LogP contribution in [0.25, 0.3) is 0 Å². The lowest BCUT2D eigenvalue weighted by Gasteiger charge is -2.25. The van der Waals surface area contributed by atoms with E-state index in [1.165, 1.54) is 0 Å². The van der Waals surface area contributed by atoms with Gasteiger partial charge < -0.3 is 15.4 Å². The SMILES string of the molecule is CN(CC1CCOCC1)C(N)=O. The van der Waals surface area contributed by atoms with E-state index in [0.29, 0.717) is 5.92 Å². The van der Waals surface area contributed by atoms with Crippen molar-refractivity contribution < 1.29 is 9.53 Å². The Bertz CT molecular complexity index is 155. The lowest BCUT2D eigenvalue weighted by atomic mass is 10.0. The van der Waals surface area contributed by atoms with Crippen LogP contribution < -0.4 is 5.73 Å². The predicted octanol–water partition coefficient (Wildman–Crippen LogP) is 0.424. The first-order chi connectivity index (χ1) is 5.70. The van der Waals surface area contributed by atoms with E-state index in [9.17, 15) is 4.79 Å². The van der Waals surface area contributed by atoms with Gasteiger partial charge in [0.1, 0.15) is 0 Å². The van der Waals surface area contributed by atoms with E-state index in [0.717, 1.165) is 32.6 Å². The fraction of sp³-hybridized carbons (Fsp3) is 0.875. The number of amides is 2. The van der Waals surface area contributed by atoms with E-state index in [-0.39, 0.29) is 6.03 Å². The molecule has 4 heteroatoms. The second-order valence-corrected chi connectivity index (χ2v) is 3.27. The Morgan fingerprint density at radius 3 is 2.67 bits per heavy atom. The van der Waals surface area contributed by atoms with Gasteiger partial charge in [-0.3, -0.25) is 0 Å². The molecule has 0 aromatic heterocycles. The summed E-state index contributed by atoms with van der Waals surface area (Å²) in [5, 5.41) is 0. The van der Waals surface area contributed by atoms with Crippen LogP contribution in [0.4, 0.5) is 4.79 Å². The highest BCUT2D eigenvalue weighted by Gasteiger charge is 2.16. The molecule has 1 aliphatic heterocycles. The molecule has 1 saturated heterocycles. The van der Waals surface area contributed by atoms with Crippen molar-refractivity contribution in [2.24, 2.45) is 11.7 Å². The summed E-state index contributed by atoms with van der Waals surface area (Å²) in [5.74, 6) is 0.566. The molecule has 0 atom stereocenters. The number of ether oxygens (including phenoxy) is 1. The highest BCUT2D eigenvalue weighted by molar-refractivity contribution is 5.71.